The number of amides is 1. The van der Waals surface area contributed by atoms with Crippen LogP contribution >= 0.6 is 0 Å². The summed E-state index contributed by atoms with van der Waals surface area (Å²) < 4.78 is 39.1. The molecule has 3 aromatic rings. The molecular formula is C27H31N5O5S. The molecule has 11 heteroatoms. The fourth-order valence-corrected chi connectivity index (χ4v) is 6.49. The monoisotopic (exact) mass is 537 g/mol. The van der Waals surface area contributed by atoms with Crippen LogP contribution in [-0.2, 0) is 21.2 Å². The van der Waals surface area contributed by atoms with Crippen molar-refractivity contribution in [3.05, 3.63) is 54.1 Å². The Labute approximate surface area is 222 Å². The highest BCUT2D eigenvalue weighted by molar-refractivity contribution is 7.89. The summed E-state index contributed by atoms with van der Waals surface area (Å²) in [5.74, 6) is 2.02. The van der Waals surface area contributed by atoms with E-state index < -0.39 is 10.0 Å². The second-order valence-electron chi connectivity index (χ2n) is 9.30. The van der Waals surface area contributed by atoms with Crippen molar-refractivity contribution >= 4 is 27.4 Å². The van der Waals surface area contributed by atoms with Gasteiger partial charge in [0, 0.05) is 50.9 Å². The summed E-state index contributed by atoms with van der Waals surface area (Å²) >= 11 is 0. The molecule has 2 aliphatic heterocycles. The van der Waals surface area contributed by atoms with E-state index in [9.17, 15) is 13.2 Å². The Balaban J connectivity index is 1.28. The molecular weight excluding hydrogens is 506 g/mol. The number of methoxy groups -OCH3 is 2. The van der Waals surface area contributed by atoms with Gasteiger partial charge in [0.2, 0.25) is 15.9 Å². The number of piperazine rings is 1. The fraction of sp³-hybridized carbons (Fsp3) is 0.370. The Hall–Kier alpha value is -3.70. The van der Waals surface area contributed by atoms with E-state index >= 15 is 0 Å². The molecule has 0 bridgehead atoms. The topological polar surface area (TPSA) is 105 Å². The van der Waals surface area contributed by atoms with Crippen molar-refractivity contribution in [3.63, 3.8) is 0 Å². The quantitative estimate of drug-likeness (QED) is 0.473. The zero-order valence-electron chi connectivity index (χ0n) is 21.8. The van der Waals surface area contributed by atoms with Crippen LogP contribution in [0, 0.1) is 0 Å². The van der Waals surface area contributed by atoms with E-state index in [2.05, 4.69) is 10.2 Å². The highest BCUT2D eigenvalue weighted by atomic mass is 32.2. The van der Waals surface area contributed by atoms with Crippen LogP contribution in [0.4, 0.5) is 11.5 Å². The summed E-state index contributed by atoms with van der Waals surface area (Å²) in [5.41, 5.74) is 3.13. The highest BCUT2D eigenvalue weighted by Gasteiger charge is 2.30. The van der Waals surface area contributed by atoms with Gasteiger partial charge in [-0.05, 0) is 66.9 Å². The van der Waals surface area contributed by atoms with Crippen molar-refractivity contribution in [2.45, 2.75) is 24.7 Å². The summed E-state index contributed by atoms with van der Waals surface area (Å²) in [7, 11) is -0.447. The number of hydrogen-bond acceptors (Lipinski definition) is 8. The summed E-state index contributed by atoms with van der Waals surface area (Å²) in [4.78, 5) is 16.0. The SMILES string of the molecule is COc1ccc(OC)c(-c2ccc(N3CCN(S(=O)(=O)c4ccc5c(c4)CCCN5C(C)=O)CC3)nn2)c1. The van der Waals surface area contributed by atoms with Gasteiger partial charge in [0.05, 0.1) is 24.8 Å². The number of hydrogen-bond donors (Lipinski definition) is 0. The van der Waals surface area contributed by atoms with Gasteiger partial charge < -0.3 is 19.3 Å². The number of rotatable bonds is 6. The Morgan fingerprint density at radius 1 is 0.895 bits per heavy atom. The lowest BCUT2D eigenvalue weighted by atomic mass is 10.0. The van der Waals surface area contributed by atoms with Crippen LogP contribution in [0.5, 0.6) is 11.5 Å². The van der Waals surface area contributed by atoms with Gasteiger partial charge in [-0.3, -0.25) is 4.79 Å². The molecule has 0 aliphatic carbocycles. The smallest absolute Gasteiger partial charge is 0.243 e. The van der Waals surface area contributed by atoms with Crippen molar-refractivity contribution in [1.82, 2.24) is 14.5 Å². The zero-order chi connectivity index (χ0) is 26.9. The number of carbonyl (C=O) groups excluding carboxylic acids is 1. The molecule has 1 amide bonds. The maximum atomic E-state index is 13.4. The first-order valence-electron chi connectivity index (χ1n) is 12.5. The van der Waals surface area contributed by atoms with E-state index in [0.717, 1.165) is 29.7 Å². The third-order valence-electron chi connectivity index (χ3n) is 7.08. The van der Waals surface area contributed by atoms with Crippen molar-refractivity contribution in [1.29, 1.82) is 0 Å². The Kier molecular flexibility index (Phi) is 7.22. The van der Waals surface area contributed by atoms with Crippen LogP contribution in [0.1, 0.15) is 18.9 Å². The van der Waals surface area contributed by atoms with Crippen LogP contribution < -0.4 is 19.3 Å². The first kappa shape index (κ1) is 25.9. The maximum Gasteiger partial charge on any atom is 0.243 e. The van der Waals surface area contributed by atoms with Gasteiger partial charge in [-0.2, -0.15) is 4.31 Å². The van der Waals surface area contributed by atoms with Gasteiger partial charge >= 0.3 is 0 Å². The first-order valence-corrected chi connectivity index (χ1v) is 14.0. The van der Waals surface area contributed by atoms with E-state index in [1.165, 1.54) is 11.2 Å². The number of anilines is 2. The van der Waals surface area contributed by atoms with Gasteiger partial charge in [0.25, 0.3) is 0 Å². The molecule has 38 heavy (non-hydrogen) atoms. The second-order valence-corrected chi connectivity index (χ2v) is 11.2. The van der Waals surface area contributed by atoms with Crippen LogP contribution in [0.25, 0.3) is 11.3 Å². The number of aryl methyl sites for hydroxylation is 1. The molecule has 0 unspecified atom stereocenters. The number of carbonyl (C=O) groups is 1. The average Bonchev–Trinajstić information content (AvgIpc) is 2.96. The fourth-order valence-electron chi connectivity index (χ4n) is 5.02. The van der Waals surface area contributed by atoms with Crippen molar-refractivity contribution in [3.8, 4) is 22.8 Å². The second kappa shape index (κ2) is 10.6. The minimum atomic E-state index is -3.65. The molecule has 0 atom stereocenters. The molecule has 3 heterocycles. The van der Waals surface area contributed by atoms with Crippen LogP contribution in [0.2, 0.25) is 0 Å². The lowest BCUT2D eigenvalue weighted by molar-refractivity contribution is -0.116. The van der Waals surface area contributed by atoms with Crippen molar-refractivity contribution < 1.29 is 22.7 Å². The molecule has 1 aromatic heterocycles. The minimum absolute atomic E-state index is 0.0311. The number of nitrogens with zero attached hydrogens (tertiary/aromatic N) is 5. The first-order chi connectivity index (χ1) is 18.3. The molecule has 1 saturated heterocycles. The Morgan fingerprint density at radius 2 is 1.68 bits per heavy atom. The number of benzene rings is 2. The molecule has 200 valence electrons. The molecule has 2 aromatic carbocycles. The molecule has 0 spiro atoms. The van der Waals surface area contributed by atoms with Gasteiger partial charge in [0.1, 0.15) is 11.5 Å². The van der Waals surface area contributed by atoms with E-state index in [1.54, 1.807) is 37.3 Å². The molecule has 0 N–H and O–H groups in total. The molecule has 0 radical (unpaired) electrons. The number of aromatic nitrogens is 2. The predicted octanol–water partition coefficient (Wildman–Crippen LogP) is 2.97. The van der Waals surface area contributed by atoms with Crippen LogP contribution in [-0.4, -0.2) is 75.8 Å². The largest absolute Gasteiger partial charge is 0.497 e. The third kappa shape index (κ3) is 4.91. The maximum absolute atomic E-state index is 13.4. The highest BCUT2D eigenvalue weighted by Crippen LogP contribution is 2.33. The number of ether oxygens (including phenoxy) is 2. The standard InChI is InChI=1S/C27H31N5O5S/c1-19(33)32-12-4-5-20-17-22(7-9-25(20)32)38(34,35)31-15-13-30(14-16-31)27-11-8-24(28-29-27)23-18-21(36-2)6-10-26(23)37-3/h6-11,17-18H,4-5,12-16H2,1-3H3. The molecule has 2 aliphatic rings. The Bertz CT molecular complexity index is 1440. The lowest BCUT2D eigenvalue weighted by Gasteiger charge is -2.35. The molecule has 10 nitrogen and oxygen atoms in total. The van der Waals surface area contributed by atoms with Crippen LogP contribution in [0.15, 0.2) is 53.4 Å². The molecule has 1 fully saturated rings. The van der Waals surface area contributed by atoms with E-state index in [1.807, 2.05) is 35.2 Å². The van der Waals surface area contributed by atoms with E-state index in [-0.39, 0.29) is 10.8 Å². The number of fused-ring (bicyclic) bond motifs is 1. The van der Waals surface area contributed by atoms with E-state index in [4.69, 9.17) is 9.47 Å². The summed E-state index contributed by atoms with van der Waals surface area (Å²) in [6.07, 6.45) is 1.58. The molecule has 0 saturated carbocycles. The average molecular weight is 538 g/mol. The normalized spacial score (nSPS) is 16.2. The van der Waals surface area contributed by atoms with Gasteiger partial charge in [0.15, 0.2) is 5.82 Å². The summed E-state index contributed by atoms with van der Waals surface area (Å²) in [6.45, 7) is 3.87. The number of sulfonamides is 1. The predicted molar refractivity (Wildman–Crippen MR) is 144 cm³/mol. The van der Waals surface area contributed by atoms with Gasteiger partial charge in [-0.1, -0.05) is 0 Å². The minimum Gasteiger partial charge on any atom is -0.497 e. The summed E-state index contributed by atoms with van der Waals surface area (Å²) in [5, 5.41) is 8.80. The van der Waals surface area contributed by atoms with Crippen molar-refractivity contribution in [2.75, 3.05) is 56.7 Å². The van der Waals surface area contributed by atoms with Gasteiger partial charge in [-0.25, -0.2) is 8.42 Å². The van der Waals surface area contributed by atoms with Crippen molar-refractivity contribution in [2.24, 2.45) is 0 Å². The zero-order valence-corrected chi connectivity index (χ0v) is 22.6. The van der Waals surface area contributed by atoms with Crippen LogP contribution in [0.3, 0.4) is 0 Å². The molecule has 5 rings (SSSR count). The summed E-state index contributed by atoms with van der Waals surface area (Å²) in [6, 6.07) is 14.4. The van der Waals surface area contributed by atoms with Gasteiger partial charge in [-0.15, -0.1) is 10.2 Å². The Morgan fingerprint density at radius 3 is 2.34 bits per heavy atom. The lowest BCUT2D eigenvalue weighted by Crippen LogP contribution is -2.49. The van der Waals surface area contributed by atoms with E-state index in [0.29, 0.717) is 55.7 Å². The third-order valence-corrected chi connectivity index (χ3v) is 8.98.